The van der Waals surface area contributed by atoms with Crippen LogP contribution in [0.15, 0.2) is 30.3 Å². The molecule has 1 aromatic carbocycles. The molecule has 0 saturated carbocycles. The fraction of sp³-hybridized carbons (Fsp3) is 0. The van der Waals surface area contributed by atoms with Crippen LogP contribution in [0.2, 0.25) is 0 Å². The average molecular weight is 222 g/mol. The predicted octanol–water partition coefficient (Wildman–Crippen LogP) is 0.737. The molecule has 0 aliphatic rings. The van der Waals surface area contributed by atoms with E-state index in [1.807, 2.05) is 0 Å². The predicted molar refractivity (Wildman–Crippen MR) is 36.6 cm³/mol. The minimum atomic E-state index is -1.13. The molecular formula is C7H5ClO2Zn. The molecule has 0 heterocycles. The van der Waals surface area contributed by atoms with Crippen molar-refractivity contribution >= 4 is 15.7 Å². The van der Waals surface area contributed by atoms with Crippen LogP contribution in [-0.4, -0.2) is 5.97 Å². The maximum atomic E-state index is 10.1. The van der Waals surface area contributed by atoms with Gasteiger partial charge in [-0.2, -0.15) is 0 Å². The van der Waals surface area contributed by atoms with Gasteiger partial charge in [-0.25, -0.2) is 0 Å². The van der Waals surface area contributed by atoms with Gasteiger partial charge in [0, 0.05) is 0 Å². The average Bonchev–Trinajstić information content (AvgIpc) is 2.10. The van der Waals surface area contributed by atoms with Crippen molar-refractivity contribution in [2.45, 2.75) is 0 Å². The summed E-state index contributed by atoms with van der Waals surface area (Å²) in [5.74, 6) is -1.13. The molecule has 0 unspecified atom stereocenters. The number of hydrogen-bond donors (Lipinski definition) is 0. The van der Waals surface area contributed by atoms with Crippen molar-refractivity contribution in [2.75, 3.05) is 0 Å². The van der Waals surface area contributed by atoms with E-state index >= 15 is 0 Å². The van der Waals surface area contributed by atoms with E-state index in [-0.39, 0.29) is 5.56 Å². The fourth-order valence-electron chi connectivity index (χ4n) is 0.574. The second-order valence-corrected chi connectivity index (χ2v) is 1.65. The third-order valence-electron chi connectivity index (χ3n) is 1.01. The molecule has 0 amide bonds. The van der Waals surface area contributed by atoms with Gasteiger partial charge in [0.2, 0.25) is 0 Å². The van der Waals surface area contributed by atoms with Gasteiger partial charge in [0.1, 0.15) is 0 Å². The third-order valence-corrected chi connectivity index (χ3v) is 1.01. The Morgan fingerprint density at radius 3 is 2.00 bits per heavy atom. The number of benzene rings is 1. The SMILES string of the molecule is O=C([O-])c1ccccc1.[Cl][Zn+]. The van der Waals surface area contributed by atoms with E-state index in [9.17, 15) is 9.90 Å². The molecule has 0 spiro atoms. The van der Waals surface area contributed by atoms with Gasteiger partial charge in [0.25, 0.3) is 0 Å². The van der Waals surface area contributed by atoms with Gasteiger partial charge in [-0.1, -0.05) is 30.3 Å². The number of aromatic carboxylic acids is 1. The molecule has 0 aliphatic carbocycles. The van der Waals surface area contributed by atoms with Gasteiger partial charge in [-0.3, -0.25) is 0 Å². The first kappa shape index (κ1) is 10.6. The summed E-state index contributed by atoms with van der Waals surface area (Å²) >= 11 is 0.847. The molecule has 2 nitrogen and oxygen atoms in total. The first-order valence-corrected chi connectivity index (χ1v) is 6.74. The zero-order valence-corrected chi connectivity index (χ0v) is 9.51. The molecule has 0 aliphatic heterocycles. The molecule has 4 heteroatoms. The Morgan fingerprint density at radius 1 is 1.27 bits per heavy atom. The quantitative estimate of drug-likeness (QED) is 0.657. The van der Waals surface area contributed by atoms with Gasteiger partial charge >= 0.3 is 27.0 Å². The van der Waals surface area contributed by atoms with E-state index in [0.29, 0.717) is 0 Å². The summed E-state index contributed by atoms with van der Waals surface area (Å²) in [6.45, 7) is 0. The van der Waals surface area contributed by atoms with Crippen LogP contribution in [-0.2, 0) is 17.3 Å². The second kappa shape index (κ2) is 6.32. The second-order valence-electron chi connectivity index (χ2n) is 1.65. The first-order valence-electron chi connectivity index (χ1n) is 2.84. The summed E-state index contributed by atoms with van der Waals surface area (Å²) in [4.78, 5) is 10.1. The molecule has 0 bridgehead atoms. The standard InChI is InChI=1S/C7H6O2.ClH.Zn/c8-7(9)6-4-2-1-3-5-6;;/h1-5H,(H,8,9);1H;/q;;+2/p-2. The minimum absolute atomic E-state index is 0.220. The molecule has 0 aromatic heterocycles. The summed E-state index contributed by atoms with van der Waals surface area (Å²) in [6, 6.07) is 8.06. The van der Waals surface area contributed by atoms with Crippen molar-refractivity contribution in [3.63, 3.8) is 0 Å². The molecule has 1 aromatic rings. The Bertz CT molecular complexity index is 213. The number of carbonyl (C=O) groups is 1. The van der Waals surface area contributed by atoms with Crippen LogP contribution in [0.5, 0.6) is 0 Å². The van der Waals surface area contributed by atoms with Gasteiger partial charge in [-0.15, -0.1) is 0 Å². The normalized spacial score (nSPS) is 7.91. The van der Waals surface area contributed by atoms with Crippen LogP contribution in [0.1, 0.15) is 10.4 Å². The fourth-order valence-corrected chi connectivity index (χ4v) is 0.574. The van der Waals surface area contributed by atoms with Gasteiger partial charge in [-0.05, 0) is 5.56 Å². The molecule has 0 N–H and O–H groups in total. The third kappa shape index (κ3) is 4.12. The number of carbonyl (C=O) groups excluding carboxylic acids is 1. The summed E-state index contributed by atoms with van der Waals surface area (Å²) in [6.07, 6.45) is 0. The van der Waals surface area contributed by atoms with E-state index in [1.165, 1.54) is 12.1 Å². The van der Waals surface area contributed by atoms with Crippen molar-refractivity contribution in [3.05, 3.63) is 35.9 Å². The van der Waals surface area contributed by atoms with Crippen molar-refractivity contribution in [3.8, 4) is 0 Å². The first-order chi connectivity index (χ1) is 5.30. The molecule has 1 rings (SSSR count). The van der Waals surface area contributed by atoms with Crippen LogP contribution in [0, 0.1) is 0 Å². The number of rotatable bonds is 1. The molecule has 0 atom stereocenters. The van der Waals surface area contributed by atoms with Crippen LogP contribution in [0.3, 0.4) is 0 Å². The molecule has 0 radical (unpaired) electrons. The molecule has 54 valence electrons. The molecular weight excluding hydrogens is 217 g/mol. The van der Waals surface area contributed by atoms with Crippen molar-refractivity contribution in [2.24, 2.45) is 0 Å². The van der Waals surface area contributed by atoms with Gasteiger partial charge < -0.3 is 9.90 Å². The zero-order chi connectivity index (χ0) is 8.69. The summed E-state index contributed by atoms with van der Waals surface area (Å²) < 4.78 is 0. The van der Waals surface area contributed by atoms with E-state index in [0.717, 1.165) is 17.3 Å². The van der Waals surface area contributed by atoms with Gasteiger partial charge in [0.15, 0.2) is 0 Å². The van der Waals surface area contributed by atoms with Crippen LogP contribution >= 0.6 is 9.69 Å². The van der Waals surface area contributed by atoms with Crippen molar-refractivity contribution in [1.82, 2.24) is 0 Å². The number of halogens is 1. The van der Waals surface area contributed by atoms with E-state index in [1.54, 1.807) is 18.2 Å². The Labute approximate surface area is 78.9 Å². The molecule has 0 fully saturated rings. The Kier molecular flexibility index (Phi) is 6.09. The van der Waals surface area contributed by atoms with E-state index in [2.05, 4.69) is 0 Å². The molecule has 0 saturated heterocycles. The van der Waals surface area contributed by atoms with Crippen LogP contribution in [0.4, 0.5) is 0 Å². The topological polar surface area (TPSA) is 40.1 Å². The summed E-state index contributed by atoms with van der Waals surface area (Å²) in [7, 11) is 4.76. The Morgan fingerprint density at radius 2 is 1.73 bits per heavy atom. The van der Waals surface area contributed by atoms with E-state index < -0.39 is 5.97 Å². The van der Waals surface area contributed by atoms with Crippen molar-refractivity contribution in [1.29, 1.82) is 0 Å². The van der Waals surface area contributed by atoms with Crippen LogP contribution in [0.25, 0.3) is 0 Å². The summed E-state index contributed by atoms with van der Waals surface area (Å²) in [5, 5.41) is 10.1. The van der Waals surface area contributed by atoms with Gasteiger partial charge in [0.05, 0.1) is 5.97 Å². The Balaban J connectivity index is 0.000000461. The zero-order valence-electron chi connectivity index (χ0n) is 5.79. The van der Waals surface area contributed by atoms with Crippen molar-refractivity contribution < 1.29 is 27.2 Å². The monoisotopic (exact) mass is 220 g/mol. The summed E-state index contributed by atoms with van der Waals surface area (Å²) in [5.41, 5.74) is 0.220. The van der Waals surface area contributed by atoms with E-state index in [4.69, 9.17) is 9.69 Å². The molecule has 11 heavy (non-hydrogen) atoms. The Hall–Kier alpha value is -0.397. The maximum absolute atomic E-state index is 10.1. The number of hydrogen-bond acceptors (Lipinski definition) is 2. The van der Waals surface area contributed by atoms with Crippen LogP contribution < -0.4 is 5.11 Å². The number of carboxylic acid groups (broad SMARTS) is 1. The number of carboxylic acids is 1.